The summed E-state index contributed by atoms with van der Waals surface area (Å²) in [6.07, 6.45) is 8.90. The maximum absolute atomic E-state index is 11.1. The second-order valence-electron chi connectivity index (χ2n) is 4.98. The Morgan fingerprint density at radius 3 is 2.17 bits per heavy atom. The summed E-state index contributed by atoms with van der Waals surface area (Å²) in [6, 6.07) is 17.9. The van der Waals surface area contributed by atoms with Crippen molar-refractivity contribution >= 4 is 17.6 Å². The second-order valence-corrected chi connectivity index (χ2v) is 4.98. The van der Waals surface area contributed by atoms with Gasteiger partial charge in [-0.1, -0.05) is 60.7 Å². The molecule has 0 heterocycles. The van der Waals surface area contributed by atoms with Crippen molar-refractivity contribution < 1.29 is 14.3 Å². The molecule has 0 spiro atoms. The average Bonchev–Trinajstić information content (AvgIpc) is 2.65. The summed E-state index contributed by atoms with van der Waals surface area (Å²) in [7, 11) is 3.01. The normalized spacial score (nSPS) is 11.8. The predicted molar refractivity (Wildman–Crippen MR) is 97.6 cm³/mol. The highest BCUT2D eigenvalue weighted by molar-refractivity contribution is 5.88. The van der Waals surface area contributed by atoms with Gasteiger partial charge in [-0.15, -0.1) is 0 Å². The van der Waals surface area contributed by atoms with Crippen molar-refractivity contribution in [3.05, 3.63) is 90.0 Å². The summed E-state index contributed by atoms with van der Waals surface area (Å²) in [6.45, 7) is 0. The zero-order valence-electron chi connectivity index (χ0n) is 13.8. The fraction of sp³-hybridized carbons (Fsp3) is 0.0952. The lowest BCUT2D eigenvalue weighted by Gasteiger charge is -2.04. The lowest BCUT2D eigenvalue weighted by atomic mass is 10.0. The van der Waals surface area contributed by atoms with Gasteiger partial charge in [0.05, 0.1) is 14.2 Å². The van der Waals surface area contributed by atoms with E-state index in [2.05, 4.69) is 10.8 Å². The monoisotopic (exact) mass is 320 g/mol. The van der Waals surface area contributed by atoms with Gasteiger partial charge in [-0.2, -0.15) is 0 Å². The Hall–Kier alpha value is -3.07. The number of carbonyl (C=O) groups is 1. The topological polar surface area (TPSA) is 35.5 Å². The Bertz CT molecular complexity index is 738. The minimum absolute atomic E-state index is 0.375. The number of benzene rings is 2. The smallest absolute Gasteiger partial charge is 0.330 e. The van der Waals surface area contributed by atoms with E-state index < -0.39 is 0 Å². The number of hydrogen-bond acceptors (Lipinski definition) is 3. The van der Waals surface area contributed by atoms with Crippen LogP contribution in [0.1, 0.15) is 11.1 Å². The first-order valence-electron chi connectivity index (χ1n) is 7.57. The molecule has 0 saturated heterocycles. The molecule has 2 aromatic rings. The van der Waals surface area contributed by atoms with Gasteiger partial charge in [0, 0.05) is 6.08 Å². The number of rotatable bonds is 6. The molecule has 122 valence electrons. The van der Waals surface area contributed by atoms with Gasteiger partial charge in [-0.25, -0.2) is 4.79 Å². The Kier molecular flexibility index (Phi) is 6.59. The molecule has 0 bridgehead atoms. The number of methoxy groups -OCH3 is 2. The van der Waals surface area contributed by atoms with Gasteiger partial charge < -0.3 is 9.47 Å². The summed E-state index contributed by atoms with van der Waals surface area (Å²) in [5, 5.41) is 0. The molecule has 0 amide bonds. The molecule has 0 N–H and O–H groups in total. The lowest BCUT2D eigenvalue weighted by Crippen LogP contribution is -1.92. The molecule has 0 fully saturated rings. The summed E-state index contributed by atoms with van der Waals surface area (Å²) >= 11 is 0. The van der Waals surface area contributed by atoms with Crippen LogP contribution in [0.3, 0.4) is 0 Å². The maximum Gasteiger partial charge on any atom is 0.330 e. The van der Waals surface area contributed by atoms with E-state index in [1.807, 2.05) is 66.7 Å². The van der Waals surface area contributed by atoms with Gasteiger partial charge in [0.1, 0.15) is 5.75 Å². The van der Waals surface area contributed by atoms with E-state index in [4.69, 9.17) is 4.74 Å². The molecule has 0 aromatic heterocycles. The van der Waals surface area contributed by atoms with E-state index in [9.17, 15) is 4.79 Å². The minimum Gasteiger partial charge on any atom is -0.497 e. The van der Waals surface area contributed by atoms with E-state index in [0.29, 0.717) is 0 Å². The van der Waals surface area contributed by atoms with Crippen LogP contribution in [0.15, 0.2) is 78.9 Å². The van der Waals surface area contributed by atoms with Crippen molar-refractivity contribution in [3.63, 3.8) is 0 Å². The molecular formula is C21H20O3. The second kappa shape index (κ2) is 9.16. The van der Waals surface area contributed by atoms with E-state index in [1.165, 1.54) is 13.2 Å². The van der Waals surface area contributed by atoms with Crippen LogP contribution in [0.5, 0.6) is 5.75 Å². The number of hydrogen-bond donors (Lipinski definition) is 0. The van der Waals surface area contributed by atoms with E-state index in [1.54, 1.807) is 13.2 Å². The Labute approximate surface area is 142 Å². The van der Waals surface area contributed by atoms with Crippen LogP contribution in [0.25, 0.3) is 11.6 Å². The predicted octanol–water partition coefficient (Wildman–Crippen LogP) is 4.52. The largest absolute Gasteiger partial charge is 0.497 e. The molecule has 0 atom stereocenters. The first-order valence-corrected chi connectivity index (χ1v) is 7.57. The number of allylic oxidation sites excluding steroid dienone is 4. The number of carbonyl (C=O) groups excluding carboxylic acids is 1. The molecule has 0 unspecified atom stereocenters. The molecule has 24 heavy (non-hydrogen) atoms. The van der Waals surface area contributed by atoms with Gasteiger partial charge in [-0.3, -0.25) is 0 Å². The van der Waals surface area contributed by atoms with Crippen LogP contribution in [0.4, 0.5) is 0 Å². The molecule has 3 nitrogen and oxygen atoms in total. The van der Waals surface area contributed by atoms with Gasteiger partial charge in [0.25, 0.3) is 0 Å². The number of esters is 1. The van der Waals surface area contributed by atoms with Gasteiger partial charge in [0.15, 0.2) is 0 Å². The fourth-order valence-electron chi connectivity index (χ4n) is 2.10. The molecule has 0 radical (unpaired) electrons. The van der Waals surface area contributed by atoms with Crippen LogP contribution < -0.4 is 4.74 Å². The third-order valence-electron chi connectivity index (χ3n) is 3.37. The van der Waals surface area contributed by atoms with Crippen LogP contribution in [0, 0.1) is 0 Å². The highest BCUT2D eigenvalue weighted by Crippen LogP contribution is 2.21. The van der Waals surface area contributed by atoms with Crippen molar-refractivity contribution in [2.45, 2.75) is 0 Å². The molecule has 0 aliphatic carbocycles. The maximum atomic E-state index is 11.1. The Balaban J connectivity index is 2.28. The summed E-state index contributed by atoms with van der Waals surface area (Å²) in [4.78, 5) is 11.1. The van der Waals surface area contributed by atoms with Crippen molar-refractivity contribution in [1.29, 1.82) is 0 Å². The van der Waals surface area contributed by atoms with Crippen LogP contribution in [0.2, 0.25) is 0 Å². The molecule has 3 heteroatoms. The van der Waals surface area contributed by atoms with Crippen molar-refractivity contribution in [1.82, 2.24) is 0 Å². The van der Waals surface area contributed by atoms with Crippen LogP contribution >= 0.6 is 0 Å². The van der Waals surface area contributed by atoms with Crippen LogP contribution in [-0.2, 0) is 9.53 Å². The third kappa shape index (κ3) is 5.29. The van der Waals surface area contributed by atoms with E-state index >= 15 is 0 Å². The van der Waals surface area contributed by atoms with Gasteiger partial charge in [-0.05, 0) is 34.9 Å². The van der Waals surface area contributed by atoms with Crippen molar-refractivity contribution in [2.24, 2.45) is 0 Å². The average molecular weight is 320 g/mol. The lowest BCUT2D eigenvalue weighted by molar-refractivity contribution is -0.134. The first kappa shape index (κ1) is 17.3. The summed E-state index contributed by atoms with van der Waals surface area (Å²) in [5.74, 6) is 0.449. The summed E-state index contributed by atoms with van der Waals surface area (Å²) < 4.78 is 9.76. The third-order valence-corrected chi connectivity index (χ3v) is 3.37. The molecule has 2 aromatic carbocycles. The highest BCUT2D eigenvalue weighted by Gasteiger charge is 1.98. The molecular weight excluding hydrogens is 300 g/mol. The van der Waals surface area contributed by atoms with Crippen LogP contribution in [-0.4, -0.2) is 20.2 Å². The quantitative estimate of drug-likeness (QED) is 0.340. The van der Waals surface area contributed by atoms with E-state index in [0.717, 1.165) is 22.4 Å². The number of ether oxygens (including phenoxy) is 2. The van der Waals surface area contributed by atoms with E-state index in [-0.39, 0.29) is 5.97 Å². The standard InChI is InChI=1S/C21H20O3/c1-23-20-14-12-17(13-15-20)16-19(18-8-4-3-5-9-18)10-6-7-11-21(22)24-2/h3-16H,1-2H3/b10-6+,11-7+,19-16-. The molecule has 0 aliphatic rings. The molecule has 0 aliphatic heterocycles. The summed E-state index contributed by atoms with van der Waals surface area (Å²) in [5.41, 5.74) is 3.20. The SMILES string of the molecule is COC(=O)/C=C/C=C/C(=C/c1ccc(OC)cc1)c1ccccc1. The Morgan fingerprint density at radius 2 is 1.54 bits per heavy atom. The zero-order valence-corrected chi connectivity index (χ0v) is 13.8. The van der Waals surface area contributed by atoms with Gasteiger partial charge in [0.2, 0.25) is 0 Å². The van der Waals surface area contributed by atoms with Crippen molar-refractivity contribution in [3.8, 4) is 5.75 Å². The molecule has 2 rings (SSSR count). The van der Waals surface area contributed by atoms with Gasteiger partial charge >= 0.3 is 5.97 Å². The molecule has 0 saturated carbocycles. The highest BCUT2D eigenvalue weighted by atomic mass is 16.5. The zero-order chi connectivity index (χ0) is 17.2. The minimum atomic E-state index is -0.375. The first-order chi connectivity index (χ1) is 11.7. The Morgan fingerprint density at radius 1 is 0.875 bits per heavy atom. The fourth-order valence-corrected chi connectivity index (χ4v) is 2.10. The van der Waals surface area contributed by atoms with Crippen molar-refractivity contribution in [2.75, 3.05) is 14.2 Å².